The van der Waals surface area contributed by atoms with Gasteiger partial charge in [-0.25, -0.2) is 0 Å². The van der Waals surface area contributed by atoms with Crippen molar-refractivity contribution in [2.75, 3.05) is 7.11 Å². The first-order chi connectivity index (χ1) is 8.35. The van der Waals surface area contributed by atoms with Crippen LogP contribution in [0.5, 0.6) is 5.75 Å². The molecule has 0 bridgehead atoms. The number of rotatable bonds is 5. The highest BCUT2D eigenvalue weighted by atomic mass is 16.5. The van der Waals surface area contributed by atoms with Gasteiger partial charge in [-0.15, -0.1) is 0 Å². The fourth-order valence-electron chi connectivity index (χ4n) is 1.88. The second-order valence-corrected chi connectivity index (χ2v) is 5.54. The van der Waals surface area contributed by atoms with Crippen LogP contribution in [-0.4, -0.2) is 12.6 Å². The molecule has 1 rings (SSSR count). The van der Waals surface area contributed by atoms with Gasteiger partial charge in [0.2, 0.25) is 0 Å². The van der Waals surface area contributed by atoms with E-state index in [0.29, 0.717) is 0 Å². The molecule has 0 aliphatic heterocycles. The Bertz CT molecular complexity index is 427. The summed E-state index contributed by atoms with van der Waals surface area (Å²) in [5.74, 6) is 0.952. The lowest BCUT2D eigenvalue weighted by molar-refractivity contribution is 0.411. The summed E-state index contributed by atoms with van der Waals surface area (Å²) >= 11 is 0. The monoisotopic (exact) mass is 247 g/mol. The van der Waals surface area contributed by atoms with Gasteiger partial charge in [0, 0.05) is 5.54 Å². The van der Waals surface area contributed by atoms with Gasteiger partial charge in [0.1, 0.15) is 5.75 Å². The maximum atomic E-state index is 5.96. The van der Waals surface area contributed by atoms with Gasteiger partial charge < -0.3 is 10.5 Å². The number of hydrogen-bond acceptors (Lipinski definition) is 2. The van der Waals surface area contributed by atoms with Gasteiger partial charge in [-0.1, -0.05) is 18.2 Å². The van der Waals surface area contributed by atoms with Crippen LogP contribution in [0.25, 0.3) is 6.08 Å². The van der Waals surface area contributed by atoms with Crippen molar-refractivity contribution in [3.63, 3.8) is 0 Å². The predicted molar refractivity (Wildman–Crippen MR) is 79.0 cm³/mol. The summed E-state index contributed by atoms with van der Waals surface area (Å²) in [6.07, 6.45) is 6.38. The lowest BCUT2D eigenvalue weighted by Gasteiger charge is -2.16. The summed E-state index contributed by atoms with van der Waals surface area (Å²) in [5.41, 5.74) is 9.60. The van der Waals surface area contributed by atoms with Crippen LogP contribution in [0, 0.1) is 13.8 Å². The quantitative estimate of drug-likeness (QED) is 0.858. The van der Waals surface area contributed by atoms with E-state index in [-0.39, 0.29) is 5.54 Å². The molecule has 0 saturated heterocycles. The van der Waals surface area contributed by atoms with Crippen LogP contribution in [0.3, 0.4) is 0 Å². The van der Waals surface area contributed by atoms with Crippen LogP contribution in [0.1, 0.15) is 43.4 Å². The van der Waals surface area contributed by atoms with Crippen molar-refractivity contribution in [2.45, 2.75) is 46.1 Å². The molecule has 2 heteroatoms. The van der Waals surface area contributed by atoms with Crippen LogP contribution in [-0.2, 0) is 0 Å². The highest BCUT2D eigenvalue weighted by Crippen LogP contribution is 2.24. The summed E-state index contributed by atoms with van der Waals surface area (Å²) in [6.45, 7) is 8.34. The average Bonchev–Trinajstić information content (AvgIpc) is 2.28. The standard InChI is InChI=1S/C16H25NO/c1-12-13(2)15(18-5)10-9-14(12)8-6-7-11-16(3,4)17/h6,8-10H,7,11,17H2,1-5H3/b8-6+. The Morgan fingerprint density at radius 1 is 1.22 bits per heavy atom. The van der Waals surface area contributed by atoms with Crippen molar-refractivity contribution in [2.24, 2.45) is 5.73 Å². The highest BCUT2D eigenvalue weighted by molar-refractivity contribution is 5.58. The Morgan fingerprint density at radius 3 is 2.44 bits per heavy atom. The third-order valence-corrected chi connectivity index (χ3v) is 3.25. The van der Waals surface area contributed by atoms with E-state index in [9.17, 15) is 0 Å². The number of allylic oxidation sites excluding steroid dienone is 1. The van der Waals surface area contributed by atoms with Crippen molar-refractivity contribution in [1.29, 1.82) is 0 Å². The highest BCUT2D eigenvalue weighted by Gasteiger charge is 2.08. The van der Waals surface area contributed by atoms with E-state index in [2.05, 4.69) is 45.9 Å². The van der Waals surface area contributed by atoms with Gasteiger partial charge >= 0.3 is 0 Å². The van der Waals surface area contributed by atoms with E-state index in [1.165, 1.54) is 16.7 Å². The molecule has 0 amide bonds. The molecule has 0 aromatic heterocycles. The molecule has 0 radical (unpaired) electrons. The minimum atomic E-state index is -0.0881. The van der Waals surface area contributed by atoms with Crippen LogP contribution < -0.4 is 10.5 Å². The zero-order chi connectivity index (χ0) is 13.8. The van der Waals surface area contributed by atoms with E-state index in [1.807, 2.05) is 6.07 Å². The first-order valence-electron chi connectivity index (χ1n) is 6.45. The van der Waals surface area contributed by atoms with Crippen LogP contribution in [0.4, 0.5) is 0 Å². The minimum absolute atomic E-state index is 0.0881. The molecule has 0 saturated carbocycles. The molecule has 0 spiro atoms. The smallest absolute Gasteiger partial charge is 0.122 e. The maximum absolute atomic E-state index is 5.96. The topological polar surface area (TPSA) is 35.2 Å². The Labute approximate surface area is 111 Å². The molecule has 1 aromatic rings. The van der Waals surface area contributed by atoms with E-state index < -0.39 is 0 Å². The number of hydrogen-bond donors (Lipinski definition) is 1. The molecule has 0 unspecified atom stereocenters. The Balaban J connectivity index is 2.74. The van der Waals surface area contributed by atoms with Crippen LogP contribution in [0.2, 0.25) is 0 Å². The predicted octanol–water partition coefficient (Wildman–Crippen LogP) is 3.84. The number of nitrogens with two attached hydrogens (primary N) is 1. The van der Waals surface area contributed by atoms with Crippen molar-refractivity contribution in [3.05, 3.63) is 34.9 Å². The lowest BCUT2D eigenvalue weighted by atomic mass is 9.98. The molecule has 0 heterocycles. The summed E-state index contributed by atoms with van der Waals surface area (Å²) < 4.78 is 5.31. The van der Waals surface area contributed by atoms with E-state index in [1.54, 1.807) is 7.11 Å². The van der Waals surface area contributed by atoms with Crippen LogP contribution >= 0.6 is 0 Å². The molecule has 2 nitrogen and oxygen atoms in total. The average molecular weight is 247 g/mol. The molecule has 0 atom stereocenters. The van der Waals surface area contributed by atoms with E-state index in [4.69, 9.17) is 10.5 Å². The Kier molecular flexibility index (Phi) is 4.97. The molecule has 100 valence electrons. The second kappa shape index (κ2) is 6.05. The molecular weight excluding hydrogens is 222 g/mol. The normalized spacial score (nSPS) is 12.1. The third kappa shape index (κ3) is 4.19. The fourth-order valence-corrected chi connectivity index (χ4v) is 1.88. The third-order valence-electron chi connectivity index (χ3n) is 3.25. The van der Waals surface area contributed by atoms with Gasteiger partial charge in [0.15, 0.2) is 0 Å². The van der Waals surface area contributed by atoms with Gasteiger partial charge in [0.25, 0.3) is 0 Å². The molecule has 0 aliphatic rings. The van der Waals surface area contributed by atoms with Gasteiger partial charge in [-0.05, 0) is 63.3 Å². The first kappa shape index (κ1) is 14.8. The summed E-state index contributed by atoms with van der Waals surface area (Å²) in [7, 11) is 1.71. The fraction of sp³-hybridized carbons (Fsp3) is 0.500. The Morgan fingerprint density at radius 2 is 1.89 bits per heavy atom. The van der Waals surface area contributed by atoms with Crippen molar-refractivity contribution in [1.82, 2.24) is 0 Å². The van der Waals surface area contributed by atoms with Crippen LogP contribution in [0.15, 0.2) is 18.2 Å². The number of methoxy groups -OCH3 is 1. The van der Waals surface area contributed by atoms with Crippen molar-refractivity contribution >= 4 is 6.08 Å². The molecule has 0 aliphatic carbocycles. The molecule has 18 heavy (non-hydrogen) atoms. The lowest BCUT2D eigenvalue weighted by Crippen LogP contribution is -2.31. The van der Waals surface area contributed by atoms with Crippen molar-refractivity contribution in [3.8, 4) is 5.75 Å². The Hall–Kier alpha value is -1.28. The zero-order valence-electron chi connectivity index (χ0n) is 12.2. The van der Waals surface area contributed by atoms with Gasteiger partial charge in [-0.3, -0.25) is 0 Å². The van der Waals surface area contributed by atoms with Gasteiger partial charge in [0.05, 0.1) is 7.11 Å². The molecule has 0 fully saturated rings. The van der Waals surface area contributed by atoms with Crippen molar-refractivity contribution < 1.29 is 4.74 Å². The summed E-state index contributed by atoms with van der Waals surface area (Å²) in [4.78, 5) is 0. The van der Waals surface area contributed by atoms with Gasteiger partial charge in [-0.2, -0.15) is 0 Å². The summed E-state index contributed by atoms with van der Waals surface area (Å²) in [5, 5.41) is 0. The minimum Gasteiger partial charge on any atom is -0.496 e. The van der Waals surface area contributed by atoms with E-state index in [0.717, 1.165) is 18.6 Å². The first-order valence-corrected chi connectivity index (χ1v) is 6.45. The second-order valence-electron chi connectivity index (χ2n) is 5.54. The SMILES string of the molecule is COc1ccc(/C=C/CCC(C)(C)N)c(C)c1C. The molecule has 1 aromatic carbocycles. The number of ether oxygens (including phenoxy) is 1. The molecular formula is C16H25NO. The largest absolute Gasteiger partial charge is 0.496 e. The number of benzene rings is 1. The van der Waals surface area contributed by atoms with E-state index >= 15 is 0 Å². The zero-order valence-corrected chi connectivity index (χ0v) is 12.2. The summed E-state index contributed by atoms with van der Waals surface area (Å²) in [6, 6.07) is 4.13. The molecule has 2 N–H and O–H groups in total. The maximum Gasteiger partial charge on any atom is 0.122 e.